The molecular formula is C19H21N5O. The van der Waals surface area contributed by atoms with Crippen molar-refractivity contribution in [3.8, 4) is 0 Å². The fourth-order valence-corrected chi connectivity index (χ4v) is 3.37. The van der Waals surface area contributed by atoms with Gasteiger partial charge in [-0.2, -0.15) is 0 Å². The lowest BCUT2D eigenvalue weighted by Gasteiger charge is -2.34. The van der Waals surface area contributed by atoms with E-state index in [9.17, 15) is 4.79 Å². The molecule has 3 aromatic rings. The van der Waals surface area contributed by atoms with E-state index in [0.717, 1.165) is 23.7 Å². The van der Waals surface area contributed by atoms with Crippen LogP contribution in [0, 0.1) is 6.92 Å². The maximum Gasteiger partial charge on any atom is 0.242 e. The molecule has 3 heterocycles. The van der Waals surface area contributed by atoms with Crippen molar-refractivity contribution >= 4 is 23.0 Å². The second-order valence-corrected chi connectivity index (χ2v) is 6.54. The van der Waals surface area contributed by atoms with Gasteiger partial charge in [0.25, 0.3) is 0 Å². The molecule has 128 valence electrons. The summed E-state index contributed by atoms with van der Waals surface area (Å²) >= 11 is 0. The van der Waals surface area contributed by atoms with Crippen LogP contribution in [0.15, 0.2) is 42.6 Å². The first kappa shape index (κ1) is 15.6. The summed E-state index contributed by atoms with van der Waals surface area (Å²) in [6, 6.07) is 12.1. The Hall–Kier alpha value is -2.89. The van der Waals surface area contributed by atoms with E-state index >= 15 is 0 Å². The van der Waals surface area contributed by atoms with Crippen molar-refractivity contribution in [2.75, 3.05) is 24.5 Å². The number of hydrogen-bond acceptors (Lipinski definition) is 4. The molecule has 0 spiro atoms. The number of anilines is 1. The van der Waals surface area contributed by atoms with Crippen LogP contribution in [-0.4, -0.2) is 45.0 Å². The predicted octanol–water partition coefficient (Wildman–Crippen LogP) is 2.13. The summed E-state index contributed by atoms with van der Waals surface area (Å²) < 4.78 is 1.96. The monoisotopic (exact) mass is 335 g/mol. The highest BCUT2D eigenvalue weighted by Gasteiger charge is 2.27. The van der Waals surface area contributed by atoms with Crippen molar-refractivity contribution in [1.29, 1.82) is 0 Å². The summed E-state index contributed by atoms with van der Waals surface area (Å²) in [5.74, 6) is 0.935. The van der Waals surface area contributed by atoms with Crippen molar-refractivity contribution in [1.82, 2.24) is 19.4 Å². The molecule has 25 heavy (non-hydrogen) atoms. The normalized spacial score (nSPS) is 15.2. The molecule has 1 aliphatic rings. The number of carbonyl (C=O) groups is 1. The Morgan fingerprint density at radius 3 is 2.80 bits per heavy atom. The van der Waals surface area contributed by atoms with Crippen LogP contribution in [0.25, 0.3) is 11.2 Å². The van der Waals surface area contributed by atoms with E-state index in [0.29, 0.717) is 19.6 Å². The minimum absolute atomic E-state index is 0.132. The van der Waals surface area contributed by atoms with Gasteiger partial charge in [-0.25, -0.2) is 9.97 Å². The molecule has 1 fully saturated rings. The van der Waals surface area contributed by atoms with Gasteiger partial charge in [0, 0.05) is 32.9 Å². The summed E-state index contributed by atoms with van der Waals surface area (Å²) in [6.07, 6.45) is 1.76. The number of imidazole rings is 1. The number of aromatic nitrogens is 3. The second kappa shape index (κ2) is 6.20. The molecule has 4 rings (SSSR count). The summed E-state index contributed by atoms with van der Waals surface area (Å²) in [6.45, 7) is 4.56. The van der Waals surface area contributed by atoms with Crippen molar-refractivity contribution in [2.24, 2.45) is 7.05 Å². The largest absolute Gasteiger partial charge is 0.335 e. The van der Waals surface area contributed by atoms with E-state index in [1.165, 1.54) is 11.1 Å². The third-order valence-electron chi connectivity index (χ3n) is 4.66. The number of rotatable bonds is 3. The van der Waals surface area contributed by atoms with E-state index in [1.54, 1.807) is 6.20 Å². The fraction of sp³-hybridized carbons (Fsp3) is 0.316. The molecule has 1 amide bonds. The highest BCUT2D eigenvalue weighted by Crippen LogP contribution is 2.21. The molecule has 1 saturated heterocycles. The number of piperazine rings is 1. The number of hydrogen-bond donors (Lipinski definition) is 0. The number of benzene rings is 1. The minimum atomic E-state index is 0.132. The Bertz CT molecular complexity index is 932. The predicted molar refractivity (Wildman–Crippen MR) is 97.3 cm³/mol. The highest BCUT2D eigenvalue weighted by atomic mass is 16.2. The first-order chi connectivity index (χ1) is 12.1. The summed E-state index contributed by atoms with van der Waals surface area (Å²) in [5.41, 5.74) is 4.09. The lowest BCUT2D eigenvalue weighted by Crippen LogP contribution is -2.50. The maximum absolute atomic E-state index is 12.6. The van der Waals surface area contributed by atoms with Gasteiger partial charge in [0.2, 0.25) is 11.9 Å². The molecular weight excluding hydrogens is 314 g/mol. The van der Waals surface area contributed by atoms with Crippen molar-refractivity contribution < 1.29 is 4.79 Å². The van der Waals surface area contributed by atoms with Crippen LogP contribution in [0.4, 0.5) is 5.95 Å². The van der Waals surface area contributed by atoms with Gasteiger partial charge in [-0.05, 0) is 24.6 Å². The van der Waals surface area contributed by atoms with Gasteiger partial charge in [-0.3, -0.25) is 9.36 Å². The maximum atomic E-state index is 12.6. The van der Waals surface area contributed by atoms with E-state index in [1.807, 2.05) is 39.6 Å². The minimum Gasteiger partial charge on any atom is -0.335 e. The number of carbonyl (C=O) groups excluding carboxylic acids is 1. The van der Waals surface area contributed by atoms with Crippen molar-refractivity contribution in [2.45, 2.75) is 13.5 Å². The van der Waals surface area contributed by atoms with Gasteiger partial charge >= 0.3 is 0 Å². The van der Waals surface area contributed by atoms with Gasteiger partial charge in [0.05, 0.1) is 6.54 Å². The molecule has 0 aliphatic carbocycles. The third kappa shape index (κ3) is 2.95. The van der Waals surface area contributed by atoms with Gasteiger partial charge in [0.1, 0.15) is 5.52 Å². The van der Waals surface area contributed by atoms with Crippen LogP contribution >= 0.6 is 0 Å². The zero-order valence-corrected chi connectivity index (χ0v) is 14.5. The van der Waals surface area contributed by atoms with E-state index in [2.05, 4.69) is 35.1 Å². The fourth-order valence-electron chi connectivity index (χ4n) is 3.37. The molecule has 0 atom stereocenters. The van der Waals surface area contributed by atoms with E-state index in [4.69, 9.17) is 0 Å². The first-order valence-electron chi connectivity index (χ1n) is 8.47. The summed E-state index contributed by atoms with van der Waals surface area (Å²) in [5, 5.41) is 0. The molecule has 0 saturated carbocycles. The van der Waals surface area contributed by atoms with E-state index < -0.39 is 0 Å². The van der Waals surface area contributed by atoms with Gasteiger partial charge < -0.3 is 9.80 Å². The Morgan fingerprint density at radius 1 is 1.16 bits per heavy atom. The topological polar surface area (TPSA) is 54.3 Å². The Morgan fingerprint density at radius 2 is 2.04 bits per heavy atom. The molecule has 0 radical (unpaired) electrons. The summed E-state index contributed by atoms with van der Waals surface area (Å²) in [7, 11) is 1.95. The van der Waals surface area contributed by atoms with Gasteiger partial charge in [0.15, 0.2) is 5.65 Å². The van der Waals surface area contributed by atoms with E-state index in [-0.39, 0.29) is 5.91 Å². The molecule has 0 unspecified atom stereocenters. The number of aryl methyl sites for hydroxylation is 2. The smallest absolute Gasteiger partial charge is 0.242 e. The lowest BCUT2D eigenvalue weighted by atomic mass is 10.1. The highest BCUT2D eigenvalue weighted by molar-refractivity contribution is 5.83. The standard InChI is InChI=1S/C19H21N5O/c1-14-5-3-6-15(11-14)12-23-9-10-24(13-17(23)25)19-21-16-7-4-8-20-18(16)22(19)2/h3-8,11H,9-10,12-13H2,1-2H3. The third-order valence-corrected chi connectivity index (χ3v) is 4.66. The average Bonchev–Trinajstić information content (AvgIpc) is 2.94. The lowest BCUT2D eigenvalue weighted by molar-refractivity contribution is -0.131. The molecule has 6 heteroatoms. The number of fused-ring (bicyclic) bond motifs is 1. The molecule has 0 bridgehead atoms. The van der Waals surface area contributed by atoms with Crippen LogP contribution in [0.5, 0.6) is 0 Å². The number of amides is 1. The molecule has 2 aromatic heterocycles. The molecule has 1 aliphatic heterocycles. The Balaban J connectivity index is 1.51. The first-order valence-corrected chi connectivity index (χ1v) is 8.47. The van der Waals surface area contributed by atoms with Gasteiger partial charge in [-0.1, -0.05) is 29.8 Å². The van der Waals surface area contributed by atoms with Crippen molar-refractivity contribution in [3.05, 3.63) is 53.7 Å². The number of nitrogens with zero attached hydrogens (tertiary/aromatic N) is 5. The Labute approximate surface area is 146 Å². The molecule has 6 nitrogen and oxygen atoms in total. The van der Waals surface area contributed by atoms with Crippen LogP contribution in [0.1, 0.15) is 11.1 Å². The van der Waals surface area contributed by atoms with Gasteiger partial charge in [-0.15, -0.1) is 0 Å². The van der Waals surface area contributed by atoms with Crippen LogP contribution < -0.4 is 4.90 Å². The number of pyridine rings is 1. The van der Waals surface area contributed by atoms with Crippen LogP contribution in [0.3, 0.4) is 0 Å². The van der Waals surface area contributed by atoms with Crippen LogP contribution in [0.2, 0.25) is 0 Å². The summed E-state index contributed by atoms with van der Waals surface area (Å²) in [4.78, 5) is 25.6. The Kier molecular flexibility index (Phi) is 3.87. The second-order valence-electron chi connectivity index (χ2n) is 6.54. The molecule has 0 N–H and O–H groups in total. The van der Waals surface area contributed by atoms with Crippen LogP contribution in [-0.2, 0) is 18.4 Å². The quantitative estimate of drug-likeness (QED) is 0.736. The zero-order valence-electron chi connectivity index (χ0n) is 14.5. The average molecular weight is 335 g/mol. The molecule has 1 aromatic carbocycles. The SMILES string of the molecule is Cc1cccc(CN2CCN(c3nc4cccnc4n3C)CC2=O)c1. The van der Waals surface area contributed by atoms with Crippen molar-refractivity contribution in [3.63, 3.8) is 0 Å². The zero-order chi connectivity index (χ0) is 17.4.